The summed E-state index contributed by atoms with van der Waals surface area (Å²) in [6.45, 7) is 9.34. The van der Waals surface area contributed by atoms with Gasteiger partial charge in [0.25, 0.3) is 0 Å². The van der Waals surface area contributed by atoms with Crippen molar-refractivity contribution in [3.05, 3.63) is 66.8 Å². The zero-order valence-corrected chi connectivity index (χ0v) is 8.98. The number of nitrogens with zero attached hydrogens (tertiary/aromatic N) is 1. The maximum atomic E-state index is 4.29. The van der Waals surface area contributed by atoms with Crippen LogP contribution in [0.1, 0.15) is 11.1 Å². The van der Waals surface area contributed by atoms with Crippen LogP contribution < -0.4 is 0 Å². The first-order chi connectivity index (χ1) is 7.27. The third-order valence-electron chi connectivity index (χ3n) is 1.91. The van der Waals surface area contributed by atoms with E-state index in [1.807, 2.05) is 18.2 Å². The summed E-state index contributed by atoms with van der Waals surface area (Å²) < 4.78 is 0. The van der Waals surface area contributed by atoms with Crippen LogP contribution in [0.15, 0.2) is 60.6 Å². The molecular formula is C14H15N. The minimum Gasteiger partial charge on any atom is -0.256 e. The molecule has 0 saturated carbocycles. The highest BCUT2D eigenvalue weighted by Gasteiger charge is 1.97. The summed E-state index contributed by atoms with van der Waals surface area (Å²) in [7, 11) is 0. The van der Waals surface area contributed by atoms with Gasteiger partial charge in [-0.3, -0.25) is 4.99 Å². The second-order valence-electron chi connectivity index (χ2n) is 3.17. The summed E-state index contributed by atoms with van der Waals surface area (Å²) in [6, 6.07) is 8.20. The number of aliphatic imine (C=N–C) groups is 1. The Morgan fingerprint density at radius 3 is 2.67 bits per heavy atom. The van der Waals surface area contributed by atoms with E-state index in [0.717, 1.165) is 11.3 Å². The topological polar surface area (TPSA) is 12.4 Å². The van der Waals surface area contributed by atoms with Crippen LogP contribution in [0.25, 0.3) is 5.70 Å². The fourth-order valence-corrected chi connectivity index (χ4v) is 1.26. The van der Waals surface area contributed by atoms with Crippen molar-refractivity contribution in [2.45, 2.75) is 6.92 Å². The van der Waals surface area contributed by atoms with E-state index >= 15 is 0 Å². The van der Waals surface area contributed by atoms with Gasteiger partial charge in [0.1, 0.15) is 0 Å². The van der Waals surface area contributed by atoms with Gasteiger partial charge in [-0.05, 0) is 19.1 Å². The summed E-state index contributed by atoms with van der Waals surface area (Å²) in [4.78, 5) is 4.29. The van der Waals surface area contributed by atoms with E-state index in [2.05, 4.69) is 37.2 Å². The van der Waals surface area contributed by atoms with Gasteiger partial charge in [0.2, 0.25) is 0 Å². The van der Waals surface area contributed by atoms with Crippen molar-refractivity contribution < 1.29 is 0 Å². The minimum atomic E-state index is 0.897. The molecule has 0 radical (unpaired) electrons. The van der Waals surface area contributed by atoms with E-state index < -0.39 is 0 Å². The van der Waals surface area contributed by atoms with Gasteiger partial charge >= 0.3 is 0 Å². The zero-order chi connectivity index (χ0) is 11.1. The van der Waals surface area contributed by atoms with Crippen molar-refractivity contribution in [3.63, 3.8) is 0 Å². The van der Waals surface area contributed by atoms with Crippen LogP contribution in [0.3, 0.4) is 0 Å². The lowest BCUT2D eigenvalue weighted by molar-refractivity contribution is 1.42. The highest BCUT2D eigenvalue weighted by molar-refractivity contribution is 5.80. The van der Waals surface area contributed by atoms with Gasteiger partial charge in [0.05, 0.1) is 5.70 Å². The van der Waals surface area contributed by atoms with Crippen LogP contribution in [-0.2, 0) is 0 Å². The first-order valence-electron chi connectivity index (χ1n) is 4.83. The van der Waals surface area contributed by atoms with Crippen molar-refractivity contribution >= 4 is 11.9 Å². The molecule has 1 heteroatoms. The number of aryl methyl sites for hydroxylation is 1. The number of hydrogen-bond acceptors (Lipinski definition) is 1. The van der Waals surface area contributed by atoms with Gasteiger partial charge in [-0.1, -0.05) is 49.1 Å². The molecule has 0 aliphatic heterocycles. The molecule has 0 aliphatic rings. The van der Waals surface area contributed by atoms with Gasteiger partial charge < -0.3 is 0 Å². The van der Waals surface area contributed by atoms with Crippen LogP contribution in [0.4, 0.5) is 0 Å². The Morgan fingerprint density at radius 2 is 2.07 bits per heavy atom. The summed E-state index contributed by atoms with van der Waals surface area (Å²) in [6.07, 6.45) is 6.96. The van der Waals surface area contributed by atoms with E-state index in [-0.39, 0.29) is 0 Å². The molecule has 0 aliphatic carbocycles. The van der Waals surface area contributed by atoms with Crippen LogP contribution in [0.5, 0.6) is 0 Å². The van der Waals surface area contributed by atoms with Gasteiger partial charge in [0.15, 0.2) is 0 Å². The van der Waals surface area contributed by atoms with E-state index in [4.69, 9.17) is 0 Å². The van der Waals surface area contributed by atoms with Gasteiger partial charge in [-0.25, -0.2) is 0 Å². The third-order valence-corrected chi connectivity index (χ3v) is 1.91. The quantitative estimate of drug-likeness (QED) is 0.514. The molecule has 0 aromatic heterocycles. The molecule has 76 valence electrons. The summed E-state index contributed by atoms with van der Waals surface area (Å²) in [5.41, 5.74) is 3.21. The second-order valence-corrected chi connectivity index (χ2v) is 3.17. The first kappa shape index (κ1) is 11.2. The summed E-state index contributed by atoms with van der Waals surface area (Å²) in [5, 5.41) is 0. The van der Waals surface area contributed by atoms with Crippen LogP contribution in [0, 0.1) is 6.92 Å². The van der Waals surface area contributed by atoms with Crippen molar-refractivity contribution in [1.82, 2.24) is 0 Å². The average Bonchev–Trinajstić information content (AvgIpc) is 2.24. The molecule has 1 aromatic carbocycles. The first-order valence-corrected chi connectivity index (χ1v) is 4.83. The molecule has 0 heterocycles. The van der Waals surface area contributed by atoms with Crippen molar-refractivity contribution in [3.8, 4) is 0 Å². The van der Waals surface area contributed by atoms with Crippen LogP contribution in [-0.4, -0.2) is 6.21 Å². The molecule has 0 spiro atoms. The maximum absolute atomic E-state index is 4.29. The Kier molecular flexibility index (Phi) is 4.30. The Labute approximate surface area is 91.2 Å². The smallest absolute Gasteiger partial charge is 0.0701 e. The molecule has 0 amide bonds. The summed E-state index contributed by atoms with van der Waals surface area (Å²) >= 11 is 0. The lowest BCUT2D eigenvalue weighted by Crippen LogP contribution is -1.82. The number of benzene rings is 1. The molecule has 1 nitrogen and oxygen atoms in total. The molecule has 0 fully saturated rings. The molecule has 0 bridgehead atoms. The van der Waals surface area contributed by atoms with Gasteiger partial charge in [0, 0.05) is 11.8 Å². The molecule has 0 N–H and O–H groups in total. The van der Waals surface area contributed by atoms with E-state index in [9.17, 15) is 0 Å². The number of hydrogen-bond donors (Lipinski definition) is 0. The molecule has 0 saturated heterocycles. The predicted molar refractivity (Wildman–Crippen MR) is 68.0 cm³/mol. The average molecular weight is 197 g/mol. The maximum Gasteiger partial charge on any atom is 0.0701 e. The van der Waals surface area contributed by atoms with E-state index in [0.29, 0.717) is 0 Å². The van der Waals surface area contributed by atoms with Crippen molar-refractivity contribution in [1.29, 1.82) is 0 Å². The monoisotopic (exact) mass is 197 g/mol. The molecule has 1 rings (SSSR count). The van der Waals surface area contributed by atoms with Crippen LogP contribution in [0.2, 0.25) is 0 Å². The van der Waals surface area contributed by atoms with Gasteiger partial charge in [-0.15, -0.1) is 0 Å². The molecule has 15 heavy (non-hydrogen) atoms. The fraction of sp³-hybridized carbons (Fsp3) is 0.0714. The lowest BCUT2D eigenvalue weighted by atomic mass is 10.1. The Balaban J connectivity index is 3.09. The minimum absolute atomic E-state index is 0.897. The normalized spacial score (nSPS) is 11.7. The standard InChI is InChI=1S/C14H15N/c1-4-7-14(15-10-5-2)13-9-6-8-12(3)11-13/h4-11H,1-2H2,3H3/b14-7-,15-10-. The van der Waals surface area contributed by atoms with Crippen molar-refractivity contribution in [2.24, 2.45) is 4.99 Å². The predicted octanol–water partition coefficient (Wildman–Crippen LogP) is 3.78. The molecule has 0 unspecified atom stereocenters. The lowest BCUT2D eigenvalue weighted by Gasteiger charge is -2.02. The largest absolute Gasteiger partial charge is 0.256 e. The molecule has 1 aromatic rings. The Morgan fingerprint density at radius 1 is 1.27 bits per heavy atom. The zero-order valence-electron chi connectivity index (χ0n) is 8.98. The summed E-state index contributed by atoms with van der Waals surface area (Å²) in [5.74, 6) is 0. The Bertz CT molecular complexity index is 411. The number of allylic oxidation sites excluding steroid dienone is 3. The SMILES string of the molecule is C=C/C=N\C(=C/C=C)c1cccc(C)c1. The highest BCUT2D eigenvalue weighted by Crippen LogP contribution is 2.16. The Hall–Kier alpha value is -1.89. The highest BCUT2D eigenvalue weighted by atomic mass is 14.7. The fourth-order valence-electron chi connectivity index (χ4n) is 1.26. The van der Waals surface area contributed by atoms with Crippen molar-refractivity contribution in [2.75, 3.05) is 0 Å². The number of rotatable bonds is 4. The van der Waals surface area contributed by atoms with E-state index in [1.165, 1.54) is 5.56 Å². The molecule has 0 atom stereocenters. The van der Waals surface area contributed by atoms with Crippen LogP contribution >= 0.6 is 0 Å². The molecular weight excluding hydrogens is 182 g/mol. The van der Waals surface area contributed by atoms with E-state index in [1.54, 1.807) is 18.4 Å². The third kappa shape index (κ3) is 3.39. The van der Waals surface area contributed by atoms with Gasteiger partial charge in [-0.2, -0.15) is 0 Å². The second kappa shape index (κ2) is 5.76.